The van der Waals surface area contributed by atoms with E-state index in [1.165, 1.54) is 0 Å². The van der Waals surface area contributed by atoms with Crippen molar-refractivity contribution in [1.29, 1.82) is 0 Å². The summed E-state index contributed by atoms with van der Waals surface area (Å²) < 4.78 is 33.3. The zero-order valence-corrected chi connectivity index (χ0v) is 16.9. The van der Waals surface area contributed by atoms with Gasteiger partial charge in [-0.05, 0) is 61.2 Å². The number of piperidine rings is 1. The van der Waals surface area contributed by atoms with Gasteiger partial charge in [0.25, 0.3) is 0 Å². The van der Waals surface area contributed by atoms with Crippen LogP contribution in [0.5, 0.6) is 0 Å². The Kier molecular flexibility index (Phi) is 5.23. The van der Waals surface area contributed by atoms with Crippen LogP contribution in [0.2, 0.25) is 5.02 Å². The predicted molar refractivity (Wildman–Crippen MR) is 107 cm³/mol. The summed E-state index contributed by atoms with van der Waals surface area (Å²) in [5.74, 6) is 1.18. The van der Waals surface area contributed by atoms with Crippen LogP contribution in [0.4, 0.5) is 0 Å². The molecule has 1 aliphatic rings. The van der Waals surface area contributed by atoms with E-state index >= 15 is 0 Å². The first-order valence-corrected chi connectivity index (χ1v) is 11.0. The van der Waals surface area contributed by atoms with E-state index in [1.807, 2.05) is 0 Å². The van der Waals surface area contributed by atoms with E-state index < -0.39 is 10.0 Å². The SMILES string of the molecule is CC1CCN(S(=O)(=O)c2cccc(-c3nnc(-c4ccc(Cl)cc4)o3)c2)CC1. The summed E-state index contributed by atoms with van der Waals surface area (Å²) in [6.45, 7) is 3.25. The molecular formula is C20H20ClN3O3S. The summed E-state index contributed by atoms with van der Waals surface area (Å²) in [7, 11) is -3.54. The van der Waals surface area contributed by atoms with Crippen molar-refractivity contribution >= 4 is 21.6 Å². The summed E-state index contributed by atoms with van der Waals surface area (Å²) in [6.07, 6.45) is 1.76. The molecule has 1 aromatic heterocycles. The van der Waals surface area contributed by atoms with Gasteiger partial charge in [0.15, 0.2) is 0 Å². The number of halogens is 1. The lowest BCUT2D eigenvalue weighted by Gasteiger charge is -2.29. The Morgan fingerprint density at radius 3 is 2.32 bits per heavy atom. The second kappa shape index (κ2) is 7.66. The standard InChI is InChI=1S/C20H20ClN3O3S/c1-14-9-11-24(12-10-14)28(25,26)18-4-2-3-16(13-18)20-23-22-19(27-20)15-5-7-17(21)8-6-15/h2-8,13-14H,9-12H2,1H3. The van der Waals surface area contributed by atoms with Gasteiger partial charge in [-0.25, -0.2) is 8.42 Å². The van der Waals surface area contributed by atoms with Crippen molar-refractivity contribution < 1.29 is 12.8 Å². The molecule has 0 amide bonds. The Labute approximate surface area is 169 Å². The molecule has 8 heteroatoms. The highest BCUT2D eigenvalue weighted by molar-refractivity contribution is 7.89. The number of hydrogen-bond donors (Lipinski definition) is 0. The molecule has 0 atom stereocenters. The lowest BCUT2D eigenvalue weighted by atomic mass is 10.0. The maximum absolute atomic E-state index is 13.0. The van der Waals surface area contributed by atoms with Crippen LogP contribution in [0.25, 0.3) is 22.9 Å². The summed E-state index contributed by atoms with van der Waals surface area (Å²) in [6, 6.07) is 13.7. The van der Waals surface area contributed by atoms with Crippen LogP contribution < -0.4 is 0 Å². The maximum Gasteiger partial charge on any atom is 0.248 e. The summed E-state index contributed by atoms with van der Waals surface area (Å²) in [5, 5.41) is 8.75. The summed E-state index contributed by atoms with van der Waals surface area (Å²) in [5.41, 5.74) is 1.31. The van der Waals surface area contributed by atoms with Gasteiger partial charge in [-0.3, -0.25) is 0 Å². The third-order valence-corrected chi connectivity index (χ3v) is 7.12. The predicted octanol–water partition coefficient (Wildman–Crippen LogP) is 4.48. The number of hydrogen-bond acceptors (Lipinski definition) is 5. The average molecular weight is 418 g/mol. The molecule has 0 radical (unpaired) electrons. The van der Waals surface area contributed by atoms with E-state index in [0.29, 0.717) is 35.5 Å². The Morgan fingerprint density at radius 2 is 1.64 bits per heavy atom. The molecule has 6 nitrogen and oxygen atoms in total. The molecule has 2 heterocycles. The minimum atomic E-state index is -3.54. The first-order chi connectivity index (χ1) is 13.4. The van der Waals surface area contributed by atoms with E-state index in [0.717, 1.165) is 18.4 Å². The molecular weight excluding hydrogens is 398 g/mol. The van der Waals surface area contributed by atoms with Crippen LogP contribution in [0, 0.1) is 5.92 Å². The fourth-order valence-corrected chi connectivity index (χ4v) is 4.86. The van der Waals surface area contributed by atoms with Gasteiger partial charge in [-0.15, -0.1) is 10.2 Å². The Balaban J connectivity index is 1.61. The highest BCUT2D eigenvalue weighted by Gasteiger charge is 2.28. The monoisotopic (exact) mass is 417 g/mol. The first-order valence-electron chi connectivity index (χ1n) is 9.13. The highest BCUT2D eigenvalue weighted by atomic mass is 35.5. The topological polar surface area (TPSA) is 76.3 Å². The molecule has 4 rings (SSSR count). The fourth-order valence-electron chi connectivity index (χ4n) is 3.21. The fraction of sp³-hybridized carbons (Fsp3) is 0.300. The quantitative estimate of drug-likeness (QED) is 0.625. The second-order valence-electron chi connectivity index (χ2n) is 7.03. The number of aromatic nitrogens is 2. The van der Waals surface area contributed by atoms with Crippen LogP contribution in [-0.2, 0) is 10.0 Å². The first kappa shape index (κ1) is 19.1. The second-order valence-corrected chi connectivity index (χ2v) is 9.41. The van der Waals surface area contributed by atoms with Gasteiger partial charge in [-0.2, -0.15) is 4.31 Å². The van der Waals surface area contributed by atoms with Gasteiger partial charge in [0.1, 0.15) is 0 Å². The lowest BCUT2D eigenvalue weighted by Crippen LogP contribution is -2.37. The number of benzene rings is 2. The van der Waals surface area contributed by atoms with Crippen molar-refractivity contribution in [3.05, 3.63) is 53.6 Å². The molecule has 3 aromatic rings. The van der Waals surface area contributed by atoms with Gasteiger partial charge in [0.05, 0.1) is 4.90 Å². The molecule has 2 aromatic carbocycles. The Morgan fingerprint density at radius 1 is 1.00 bits per heavy atom. The molecule has 28 heavy (non-hydrogen) atoms. The molecule has 1 saturated heterocycles. The van der Waals surface area contributed by atoms with Gasteiger partial charge in [0.2, 0.25) is 21.8 Å². The van der Waals surface area contributed by atoms with Gasteiger partial charge in [0, 0.05) is 29.2 Å². The van der Waals surface area contributed by atoms with Crippen molar-refractivity contribution in [3.8, 4) is 22.9 Å². The van der Waals surface area contributed by atoms with Crippen LogP contribution in [0.15, 0.2) is 57.8 Å². The smallest absolute Gasteiger partial charge is 0.248 e. The van der Waals surface area contributed by atoms with E-state index in [4.69, 9.17) is 16.0 Å². The average Bonchev–Trinajstić information content (AvgIpc) is 3.19. The molecule has 1 aliphatic heterocycles. The number of nitrogens with zero attached hydrogens (tertiary/aromatic N) is 3. The van der Waals surface area contributed by atoms with Crippen molar-refractivity contribution in [1.82, 2.24) is 14.5 Å². The lowest BCUT2D eigenvalue weighted by molar-refractivity contribution is 0.288. The maximum atomic E-state index is 13.0. The molecule has 146 valence electrons. The molecule has 0 bridgehead atoms. The van der Waals surface area contributed by atoms with E-state index in [1.54, 1.807) is 52.8 Å². The molecule has 1 fully saturated rings. The van der Waals surface area contributed by atoms with E-state index in [2.05, 4.69) is 17.1 Å². The Bertz CT molecular complexity index is 1070. The third-order valence-electron chi connectivity index (χ3n) is 4.98. The number of sulfonamides is 1. The molecule has 0 unspecified atom stereocenters. The zero-order chi connectivity index (χ0) is 19.7. The minimum absolute atomic E-state index is 0.241. The summed E-state index contributed by atoms with van der Waals surface area (Å²) >= 11 is 5.90. The third kappa shape index (κ3) is 3.83. The molecule has 0 N–H and O–H groups in total. The molecule has 0 spiro atoms. The Hall–Kier alpha value is -2.22. The largest absolute Gasteiger partial charge is 0.416 e. The van der Waals surface area contributed by atoms with Crippen molar-refractivity contribution in [3.63, 3.8) is 0 Å². The molecule has 0 aliphatic carbocycles. The highest BCUT2D eigenvalue weighted by Crippen LogP contribution is 2.28. The van der Waals surface area contributed by atoms with Crippen LogP contribution in [0.3, 0.4) is 0 Å². The zero-order valence-electron chi connectivity index (χ0n) is 15.4. The minimum Gasteiger partial charge on any atom is -0.416 e. The summed E-state index contributed by atoms with van der Waals surface area (Å²) in [4.78, 5) is 0.241. The van der Waals surface area contributed by atoms with E-state index in [9.17, 15) is 8.42 Å². The van der Waals surface area contributed by atoms with Crippen molar-refractivity contribution in [2.24, 2.45) is 5.92 Å². The normalized spacial score (nSPS) is 16.4. The van der Waals surface area contributed by atoms with Gasteiger partial charge >= 0.3 is 0 Å². The van der Waals surface area contributed by atoms with E-state index in [-0.39, 0.29) is 10.8 Å². The number of rotatable bonds is 4. The van der Waals surface area contributed by atoms with Gasteiger partial charge in [-0.1, -0.05) is 24.6 Å². The van der Waals surface area contributed by atoms with Gasteiger partial charge < -0.3 is 4.42 Å². The van der Waals surface area contributed by atoms with Crippen molar-refractivity contribution in [2.75, 3.05) is 13.1 Å². The van der Waals surface area contributed by atoms with Crippen LogP contribution in [0.1, 0.15) is 19.8 Å². The van der Waals surface area contributed by atoms with Crippen LogP contribution in [-0.4, -0.2) is 36.0 Å². The van der Waals surface area contributed by atoms with Crippen LogP contribution >= 0.6 is 11.6 Å². The molecule has 0 saturated carbocycles. The van der Waals surface area contributed by atoms with Crippen molar-refractivity contribution in [2.45, 2.75) is 24.7 Å².